The first-order valence-corrected chi connectivity index (χ1v) is 4.56. The van der Waals surface area contributed by atoms with E-state index in [4.69, 9.17) is 5.73 Å². The Balaban J connectivity index is 3.04. The first kappa shape index (κ1) is 9.88. The van der Waals surface area contributed by atoms with Gasteiger partial charge in [-0.15, -0.1) is 0 Å². The average Bonchev–Trinajstić information content (AvgIpc) is 2.08. The molecule has 4 heteroatoms. The maximum Gasteiger partial charge on any atom is 0.123 e. The van der Waals surface area contributed by atoms with Gasteiger partial charge in [0.05, 0.1) is 6.10 Å². The summed E-state index contributed by atoms with van der Waals surface area (Å²) < 4.78 is 13.5. The van der Waals surface area contributed by atoms with Crippen LogP contribution < -0.4 is 5.73 Å². The highest BCUT2D eigenvalue weighted by molar-refractivity contribution is 14.1. The van der Waals surface area contributed by atoms with E-state index in [-0.39, 0.29) is 12.4 Å². The number of hydrogen-bond donors (Lipinski definition) is 2. The van der Waals surface area contributed by atoms with E-state index >= 15 is 0 Å². The van der Waals surface area contributed by atoms with Gasteiger partial charge in [-0.05, 0) is 46.4 Å². The molecule has 0 bridgehead atoms. The summed E-state index contributed by atoms with van der Waals surface area (Å²) in [6.45, 7) is 0.111. The number of hydrogen-bond acceptors (Lipinski definition) is 2. The molecule has 0 fully saturated rings. The van der Waals surface area contributed by atoms with Gasteiger partial charge in [-0.3, -0.25) is 0 Å². The van der Waals surface area contributed by atoms with Crippen LogP contribution in [0.3, 0.4) is 0 Å². The van der Waals surface area contributed by atoms with E-state index in [0.29, 0.717) is 5.56 Å². The number of halogens is 2. The fourth-order valence-electron chi connectivity index (χ4n) is 0.897. The van der Waals surface area contributed by atoms with Crippen molar-refractivity contribution in [2.75, 3.05) is 6.54 Å². The Hall–Kier alpha value is -0.200. The topological polar surface area (TPSA) is 46.2 Å². The van der Waals surface area contributed by atoms with Crippen molar-refractivity contribution in [3.05, 3.63) is 33.1 Å². The summed E-state index contributed by atoms with van der Waals surface area (Å²) >= 11 is 2.03. The predicted octanol–water partition coefficient (Wildman–Crippen LogP) is 1.42. The second kappa shape index (κ2) is 4.15. The molecule has 0 radical (unpaired) electrons. The van der Waals surface area contributed by atoms with Gasteiger partial charge in [0.25, 0.3) is 0 Å². The summed E-state index contributed by atoms with van der Waals surface area (Å²) in [5.41, 5.74) is 5.80. The first-order chi connectivity index (χ1) is 5.65. The standard InChI is InChI=1S/C8H9FINO/c9-5-1-2-7(10)6(3-5)8(12)4-11/h1-3,8,12H,4,11H2/t8-/m0/s1. The van der Waals surface area contributed by atoms with Gasteiger partial charge in [0.15, 0.2) is 0 Å². The lowest BCUT2D eigenvalue weighted by atomic mass is 10.1. The van der Waals surface area contributed by atoms with E-state index in [1.807, 2.05) is 22.6 Å². The molecule has 0 saturated heterocycles. The monoisotopic (exact) mass is 281 g/mol. The molecule has 12 heavy (non-hydrogen) atoms. The van der Waals surface area contributed by atoms with Crippen LogP contribution >= 0.6 is 22.6 Å². The minimum atomic E-state index is -0.771. The molecule has 0 spiro atoms. The highest BCUT2D eigenvalue weighted by atomic mass is 127. The minimum Gasteiger partial charge on any atom is -0.387 e. The molecule has 1 aromatic rings. The molecule has 0 aliphatic heterocycles. The third-order valence-electron chi connectivity index (χ3n) is 1.54. The molecule has 0 amide bonds. The average molecular weight is 281 g/mol. The summed E-state index contributed by atoms with van der Waals surface area (Å²) in [7, 11) is 0. The second-order valence-electron chi connectivity index (χ2n) is 2.42. The highest BCUT2D eigenvalue weighted by Gasteiger charge is 2.09. The van der Waals surface area contributed by atoms with Crippen LogP contribution in [0.2, 0.25) is 0 Å². The molecule has 0 heterocycles. The van der Waals surface area contributed by atoms with Crippen LogP contribution in [0.4, 0.5) is 4.39 Å². The van der Waals surface area contributed by atoms with Gasteiger partial charge in [-0.1, -0.05) is 0 Å². The smallest absolute Gasteiger partial charge is 0.123 e. The van der Waals surface area contributed by atoms with Gasteiger partial charge in [0.1, 0.15) is 5.82 Å². The quantitative estimate of drug-likeness (QED) is 0.805. The number of rotatable bonds is 2. The highest BCUT2D eigenvalue weighted by Crippen LogP contribution is 2.20. The van der Waals surface area contributed by atoms with Crippen LogP contribution in [0.15, 0.2) is 18.2 Å². The molecule has 1 rings (SSSR count). The van der Waals surface area contributed by atoms with Crippen LogP contribution in [0.5, 0.6) is 0 Å². The number of benzene rings is 1. The van der Waals surface area contributed by atoms with Gasteiger partial charge in [0.2, 0.25) is 0 Å². The lowest BCUT2D eigenvalue weighted by Gasteiger charge is -2.09. The van der Waals surface area contributed by atoms with Crippen molar-refractivity contribution >= 4 is 22.6 Å². The van der Waals surface area contributed by atoms with Gasteiger partial charge in [-0.25, -0.2) is 4.39 Å². The maximum absolute atomic E-state index is 12.7. The third kappa shape index (κ3) is 2.15. The van der Waals surface area contributed by atoms with E-state index in [9.17, 15) is 9.50 Å². The van der Waals surface area contributed by atoms with E-state index in [2.05, 4.69) is 0 Å². The van der Waals surface area contributed by atoms with Crippen molar-refractivity contribution in [2.24, 2.45) is 5.73 Å². The Morgan fingerprint density at radius 3 is 2.83 bits per heavy atom. The molecule has 0 aromatic heterocycles. The minimum absolute atomic E-state index is 0.111. The Kier molecular flexibility index (Phi) is 3.42. The van der Waals surface area contributed by atoms with Crippen molar-refractivity contribution in [1.29, 1.82) is 0 Å². The number of nitrogens with two attached hydrogens (primary N) is 1. The summed E-state index contributed by atoms with van der Waals surface area (Å²) in [5, 5.41) is 9.34. The molecule has 3 N–H and O–H groups in total. The summed E-state index contributed by atoms with van der Waals surface area (Å²) in [6.07, 6.45) is -0.771. The first-order valence-electron chi connectivity index (χ1n) is 3.48. The summed E-state index contributed by atoms with van der Waals surface area (Å²) in [4.78, 5) is 0. The molecule has 0 unspecified atom stereocenters. The van der Waals surface area contributed by atoms with E-state index in [0.717, 1.165) is 3.57 Å². The predicted molar refractivity (Wildman–Crippen MR) is 53.1 cm³/mol. The molecule has 0 aliphatic carbocycles. The van der Waals surface area contributed by atoms with Crippen molar-refractivity contribution in [3.63, 3.8) is 0 Å². The van der Waals surface area contributed by atoms with Crippen molar-refractivity contribution in [2.45, 2.75) is 6.10 Å². The van der Waals surface area contributed by atoms with Crippen LogP contribution in [-0.4, -0.2) is 11.7 Å². The Morgan fingerprint density at radius 1 is 1.58 bits per heavy atom. The molecular weight excluding hydrogens is 272 g/mol. The lowest BCUT2D eigenvalue weighted by Crippen LogP contribution is -2.12. The third-order valence-corrected chi connectivity index (χ3v) is 2.52. The molecule has 0 aliphatic rings. The molecular formula is C8H9FINO. The Morgan fingerprint density at radius 2 is 2.25 bits per heavy atom. The van der Waals surface area contributed by atoms with Crippen molar-refractivity contribution in [1.82, 2.24) is 0 Å². The zero-order valence-electron chi connectivity index (χ0n) is 6.30. The zero-order chi connectivity index (χ0) is 9.14. The second-order valence-corrected chi connectivity index (χ2v) is 3.58. The maximum atomic E-state index is 12.7. The van der Waals surface area contributed by atoms with Crippen molar-refractivity contribution in [3.8, 4) is 0 Å². The molecule has 0 saturated carbocycles. The van der Waals surface area contributed by atoms with Gasteiger partial charge < -0.3 is 10.8 Å². The Labute approximate surface area is 83.7 Å². The number of aliphatic hydroxyl groups excluding tert-OH is 1. The normalized spacial score (nSPS) is 13.0. The molecule has 66 valence electrons. The van der Waals surface area contributed by atoms with Crippen molar-refractivity contribution < 1.29 is 9.50 Å². The molecule has 2 nitrogen and oxygen atoms in total. The zero-order valence-corrected chi connectivity index (χ0v) is 8.45. The van der Waals surface area contributed by atoms with Gasteiger partial charge >= 0.3 is 0 Å². The fraction of sp³-hybridized carbons (Fsp3) is 0.250. The molecule has 1 atom stereocenters. The largest absolute Gasteiger partial charge is 0.387 e. The fourth-order valence-corrected chi connectivity index (χ4v) is 1.59. The van der Waals surface area contributed by atoms with Crippen LogP contribution in [0.1, 0.15) is 11.7 Å². The lowest BCUT2D eigenvalue weighted by molar-refractivity contribution is 0.185. The van der Waals surface area contributed by atoms with Gasteiger partial charge in [0, 0.05) is 10.1 Å². The van der Waals surface area contributed by atoms with Crippen LogP contribution in [0, 0.1) is 9.39 Å². The molecule has 1 aromatic carbocycles. The summed E-state index contributed by atoms with van der Waals surface area (Å²) in [5.74, 6) is -0.349. The Bertz CT molecular complexity index is 280. The number of aliphatic hydroxyl groups is 1. The van der Waals surface area contributed by atoms with E-state index in [1.54, 1.807) is 6.07 Å². The SMILES string of the molecule is NC[C@H](O)c1cc(F)ccc1I. The van der Waals surface area contributed by atoms with Crippen LogP contribution in [0.25, 0.3) is 0 Å². The van der Waals surface area contributed by atoms with Gasteiger partial charge in [-0.2, -0.15) is 0 Å². The van der Waals surface area contributed by atoms with E-state index in [1.165, 1.54) is 12.1 Å². The van der Waals surface area contributed by atoms with E-state index < -0.39 is 6.10 Å². The summed E-state index contributed by atoms with van der Waals surface area (Å²) in [6, 6.07) is 4.28. The van der Waals surface area contributed by atoms with Crippen LogP contribution in [-0.2, 0) is 0 Å².